The fourth-order valence-electron chi connectivity index (χ4n) is 1.92. The average Bonchev–Trinajstić information content (AvgIpc) is 2.49. The number of nitrogens with zero attached hydrogens (tertiary/aromatic N) is 1. The van der Waals surface area contributed by atoms with Gasteiger partial charge in [0.25, 0.3) is 5.91 Å². The number of hydrogen-bond acceptors (Lipinski definition) is 3. The van der Waals surface area contributed by atoms with E-state index in [4.69, 9.17) is 4.84 Å². The molecule has 0 aromatic heterocycles. The molecule has 0 aliphatic rings. The summed E-state index contributed by atoms with van der Waals surface area (Å²) in [7, 11) is 0. The third kappa shape index (κ3) is 4.45. The first-order valence-corrected chi connectivity index (χ1v) is 6.73. The van der Waals surface area contributed by atoms with Crippen molar-refractivity contribution in [3.63, 3.8) is 0 Å². The van der Waals surface area contributed by atoms with Gasteiger partial charge in [0, 0.05) is 5.69 Å². The summed E-state index contributed by atoms with van der Waals surface area (Å²) < 4.78 is 0. The molecule has 0 heterocycles. The van der Waals surface area contributed by atoms with Crippen LogP contribution in [0.25, 0.3) is 0 Å². The summed E-state index contributed by atoms with van der Waals surface area (Å²) in [5.41, 5.74) is 3.80. The Morgan fingerprint density at radius 1 is 1.10 bits per heavy atom. The fraction of sp³-hybridized carbons (Fsp3) is 0.176. The van der Waals surface area contributed by atoms with Crippen LogP contribution >= 0.6 is 0 Å². The lowest BCUT2D eigenvalue weighted by atomic mass is 10.1. The van der Waals surface area contributed by atoms with Crippen molar-refractivity contribution in [1.29, 1.82) is 0 Å². The van der Waals surface area contributed by atoms with Gasteiger partial charge in [0.1, 0.15) is 0 Å². The van der Waals surface area contributed by atoms with Crippen molar-refractivity contribution in [2.75, 3.05) is 11.9 Å². The topological polar surface area (TPSA) is 50.7 Å². The van der Waals surface area contributed by atoms with Crippen LogP contribution in [0.2, 0.25) is 0 Å². The molecule has 4 heteroatoms. The van der Waals surface area contributed by atoms with Gasteiger partial charge >= 0.3 is 0 Å². The predicted octanol–water partition coefficient (Wildman–Crippen LogP) is 3.29. The van der Waals surface area contributed by atoms with E-state index in [1.807, 2.05) is 62.4 Å². The molecule has 108 valence electrons. The van der Waals surface area contributed by atoms with Gasteiger partial charge in [0.15, 0.2) is 6.61 Å². The van der Waals surface area contributed by atoms with E-state index in [1.165, 1.54) is 0 Å². The quantitative estimate of drug-likeness (QED) is 0.675. The monoisotopic (exact) mass is 282 g/mol. The first-order chi connectivity index (χ1) is 10.2. The number of carbonyl (C=O) groups is 1. The third-order valence-electron chi connectivity index (χ3n) is 3.02. The Balaban J connectivity index is 1.84. The Bertz CT molecular complexity index is 616. The highest BCUT2D eigenvalue weighted by molar-refractivity contribution is 5.93. The van der Waals surface area contributed by atoms with Gasteiger partial charge < -0.3 is 10.2 Å². The lowest BCUT2D eigenvalue weighted by molar-refractivity contribution is -0.120. The molecule has 0 atom stereocenters. The van der Waals surface area contributed by atoms with E-state index in [-0.39, 0.29) is 12.5 Å². The highest BCUT2D eigenvalue weighted by atomic mass is 16.6. The Morgan fingerprint density at radius 3 is 2.43 bits per heavy atom. The molecule has 2 rings (SSSR count). The number of carbonyl (C=O) groups excluding carboxylic acids is 1. The zero-order valence-corrected chi connectivity index (χ0v) is 12.2. The van der Waals surface area contributed by atoms with E-state index in [0.717, 1.165) is 22.4 Å². The molecule has 1 amide bonds. The summed E-state index contributed by atoms with van der Waals surface area (Å²) in [5, 5.41) is 6.62. The summed E-state index contributed by atoms with van der Waals surface area (Å²) in [4.78, 5) is 16.8. The van der Waals surface area contributed by atoms with Gasteiger partial charge in [0.2, 0.25) is 0 Å². The van der Waals surface area contributed by atoms with Crippen LogP contribution < -0.4 is 5.32 Å². The number of hydrogen-bond donors (Lipinski definition) is 1. The molecule has 1 N–H and O–H groups in total. The summed E-state index contributed by atoms with van der Waals surface area (Å²) in [6, 6.07) is 15.4. The number of para-hydroxylation sites is 1. The van der Waals surface area contributed by atoms with Crippen molar-refractivity contribution < 1.29 is 9.63 Å². The number of aryl methyl sites for hydroxylation is 2. The standard InChI is InChI=1S/C17H18N2O2/c1-13-7-6-8-14(2)17(13)19-16(20)12-21-18-11-15-9-4-3-5-10-15/h3-11H,12H2,1-2H3,(H,19,20)/b18-11-. The molecule has 2 aromatic rings. The molecule has 0 aliphatic heterocycles. The molecule has 4 nitrogen and oxygen atoms in total. The molecule has 0 unspecified atom stereocenters. The highest BCUT2D eigenvalue weighted by Crippen LogP contribution is 2.19. The number of nitrogens with one attached hydrogen (secondary N) is 1. The van der Waals surface area contributed by atoms with Gasteiger partial charge in [-0.3, -0.25) is 4.79 Å². The van der Waals surface area contributed by atoms with Gasteiger partial charge in [-0.2, -0.15) is 0 Å². The molecule has 0 bridgehead atoms. The van der Waals surface area contributed by atoms with Crippen LogP contribution in [-0.4, -0.2) is 18.7 Å². The molecule has 0 aliphatic carbocycles. The van der Waals surface area contributed by atoms with Crippen LogP contribution in [-0.2, 0) is 9.63 Å². The zero-order chi connectivity index (χ0) is 15.1. The SMILES string of the molecule is Cc1cccc(C)c1NC(=O)CO/N=C\c1ccccc1. The van der Waals surface area contributed by atoms with Crippen molar-refractivity contribution in [3.05, 3.63) is 65.2 Å². The molecule has 0 fully saturated rings. The van der Waals surface area contributed by atoms with E-state index >= 15 is 0 Å². The zero-order valence-electron chi connectivity index (χ0n) is 12.2. The first-order valence-electron chi connectivity index (χ1n) is 6.73. The number of rotatable bonds is 5. The number of amides is 1. The van der Waals surface area contributed by atoms with Gasteiger partial charge in [-0.15, -0.1) is 0 Å². The minimum atomic E-state index is -0.224. The molecule has 2 aromatic carbocycles. The van der Waals surface area contributed by atoms with E-state index in [2.05, 4.69) is 10.5 Å². The number of oxime groups is 1. The second kappa shape index (κ2) is 7.24. The lowest BCUT2D eigenvalue weighted by Gasteiger charge is -2.10. The molecular weight excluding hydrogens is 264 g/mol. The lowest BCUT2D eigenvalue weighted by Crippen LogP contribution is -2.18. The Morgan fingerprint density at radius 2 is 1.76 bits per heavy atom. The van der Waals surface area contributed by atoms with Gasteiger partial charge in [-0.05, 0) is 30.5 Å². The molecular formula is C17H18N2O2. The normalized spacial score (nSPS) is 10.6. The highest BCUT2D eigenvalue weighted by Gasteiger charge is 2.07. The molecule has 0 saturated heterocycles. The minimum absolute atomic E-state index is 0.114. The largest absolute Gasteiger partial charge is 0.386 e. The Hall–Kier alpha value is -2.62. The molecule has 0 radical (unpaired) electrons. The van der Waals surface area contributed by atoms with Crippen molar-refractivity contribution in [2.24, 2.45) is 5.16 Å². The van der Waals surface area contributed by atoms with Gasteiger partial charge in [-0.1, -0.05) is 53.7 Å². The molecule has 21 heavy (non-hydrogen) atoms. The second-order valence-electron chi connectivity index (χ2n) is 4.73. The van der Waals surface area contributed by atoms with E-state index in [9.17, 15) is 4.79 Å². The van der Waals surface area contributed by atoms with E-state index < -0.39 is 0 Å². The van der Waals surface area contributed by atoms with Crippen molar-refractivity contribution in [3.8, 4) is 0 Å². The van der Waals surface area contributed by atoms with Crippen LogP contribution in [0.3, 0.4) is 0 Å². The summed E-state index contributed by atoms with van der Waals surface area (Å²) in [5.74, 6) is -0.224. The Labute approximate surface area is 124 Å². The number of anilines is 1. The van der Waals surface area contributed by atoms with Crippen LogP contribution in [0, 0.1) is 13.8 Å². The van der Waals surface area contributed by atoms with Crippen LogP contribution in [0.15, 0.2) is 53.7 Å². The van der Waals surface area contributed by atoms with Crippen LogP contribution in [0.5, 0.6) is 0 Å². The van der Waals surface area contributed by atoms with E-state index in [0.29, 0.717) is 0 Å². The minimum Gasteiger partial charge on any atom is -0.386 e. The third-order valence-corrected chi connectivity index (χ3v) is 3.02. The maximum atomic E-state index is 11.8. The maximum absolute atomic E-state index is 11.8. The molecule has 0 saturated carbocycles. The maximum Gasteiger partial charge on any atom is 0.265 e. The average molecular weight is 282 g/mol. The summed E-state index contributed by atoms with van der Waals surface area (Å²) in [6.45, 7) is 3.80. The van der Waals surface area contributed by atoms with Gasteiger partial charge in [-0.25, -0.2) is 0 Å². The van der Waals surface area contributed by atoms with Crippen LogP contribution in [0.4, 0.5) is 5.69 Å². The van der Waals surface area contributed by atoms with Crippen molar-refractivity contribution in [1.82, 2.24) is 0 Å². The summed E-state index contributed by atoms with van der Waals surface area (Å²) in [6.07, 6.45) is 1.58. The summed E-state index contributed by atoms with van der Waals surface area (Å²) >= 11 is 0. The van der Waals surface area contributed by atoms with Crippen molar-refractivity contribution in [2.45, 2.75) is 13.8 Å². The fourth-order valence-corrected chi connectivity index (χ4v) is 1.92. The molecule has 0 spiro atoms. The van der Waals surface area contributed by atoms with Crippen molar-refractivity contribution >= 4 is 17.8 Å². The second-order valence-corrected chi connectivity index (χ2v) is 4.73. The van der Waals surface area contributed by atoms with E-state index in [1.54, 1.807) is 6.21 Å². The van der Waals surface area contributed by atoms with Crippen LogP contribution in [0.1, 0.15) is 16.7 Å². The number of benzene rings is 2. The Kier molecular flexibility index (Phi) is 5.10. The van der Waals surface area contributed by atoms with Gasteiger partial charge in [0.05, 0.1) is 6.21 Å². The first kappa shape index (κ1) is 14.8. The predicted molar refractivity (Wildman–Crippen MR) is 84.5 cm³/mol. The smallest absolute Gasteiger partial charge is 0.265 e.